The Hall–Kier alpha value is -2.37. The summed E-state index contributed by atoms with van der Waals surface area (Å²) in [4.78, 5) is 11.3. The first-order valence-corrected chi connectivity index (χ1v) is 9.15. The number of nitrogens with zero attached hydrogens (tertiary/aromatic N) is 1. The molecule has 0 unspecified atom stereocenters. The molecule has 0 aliphatic heterocycles. The van der Waals surface area contributed by atoms with Crippen molar-refractivity contribution in [3.05, 3.63) is 48.5 Å². The fourth-order valence-electron chi connectivity index (χ4n) is 3.60. The summed E-state index contributed by atoms with van der Waals surface area (Å²) in [6.07, 6.45) is -0.118. The molecule has 5 heteroatoms. The van der Waals surface area contributed by atoms with Gasteiger partial charge < -0.3 is 24.9 Å². The van der Waals surface area contributed by atoms with Gasteiger partial charge >= 0.3 is 0 Å². The molecule has 3 rings (SSSR count). The molecule has 2 atom stereocenters. The van der Waals surface area contributed by atoms with Gasteiger partial charge in [-0.2, -0.15) is 0 Å². The summed E-state index contributed by atoms with van der Waals surface area (Å²) in [5.41, 5.74) is 2.15. The van der Waals surface area contributed by atoms with Crippen LogP contribution in [0.1, 0.15) is 20.3 Å². The van der Waals surface area contributed by atoms with Gasteiger partial charge in [-0.3, -0.25) is 0 Å². The van der Waals surface area contributed by atoms with Gasteiger partial charge in [-0.05, 0) is 18.1 Å². The van der Waals surface area contributed by atoms with Gasteiger partial charge in [0.05, 0.1) is 12.5 Å². The highest BCUT2D eigenvalue weighted by Gasteiger charge is 2.19. The van der Waals surface area contributed by atoms with Crippen LogP contribution in [0.25, 0.3) is 21.8 Å². The Bertz CT molecular complexity index is 847. The van der Waals surface area contributed by atoms with Crippen molar-refractivity contribution < 1.29 is 20.3 Å². The molecule has 0 aliphatic rings. The van der Waals surface area contributed by atoms with Crippen LogP contribution >= 0.6 is 0 Å². The molecule has 0 aliphatic carbocycles. The lowest BCUT2D eigenvalue weighted by Gasteiger charge is -2.20. The average Bonchev–Trinajstić information content (AvgIpc) is 2.93. The molecule has 1 aromatic heterocycles. The van der Waals surface area contributed by atoms with Crippen LogP contribution in [0, 0.1) is 5.92 Å². The number of aliphatic hydroxyl groups is 1. The van der Waals surface area contributed by atoms with Crippen LogP contribution in [-0.4, -0.2) is 34.3 Å². The van der Waals surface area contributed by atoms with Crippen molar-refractivity contribution in [2.45, 2.75) is 39.0 Å². The van der Waals surface area contributed by atoms with Crippen LogP contribution in [0.15, 0.2) is 48.5 Å². The molecule has 2 aromatic carbocycles. The number of para-hydroxylation sites is 2. The number of aliphatic carboxylic acids is 1. The number of carboxylic acids is 1. The minimum atomic E-state index is -1.07. The Morgan fingerprint density at radius 3 is 2.12 bits per heavy atom. The van der Waals surface area contributed by atoms with E-state index < -0.39 is 18.1 Å². The van der Waals surface area contributed by atoms with Crippen LogP contribution in [0.2, 0.25) is 0 Å². The number of hydrogen-bond donors (Lipinski definition) is 2. The Labute approximate surface area is 153 Å². The molecule has 0 amide bonds. The summed E-state index contributed by atoms with van der Waals surface area (Å²) < 4.78 is 2.11. The van der Waals surface area contributed by atoms with Gasteiger partial charge in [-0.25, -0.2) is 0 Å². The molecule has 0 spiro atoms. The third kappa shape index (κ3) is 3.89. The molecule has 5 nitrogen and oxygen atoms in total. The Kier molecular flexibility index (Phi) is 5.59. The van der Waals surface area contributed by atoms with E-state index in [0.717, 1.165) is 21.8 Å². The van der Waals surface area contributed by atoms with Crippen LogP contribution < -0.4 is 10.4 Å². The van der Waals surface area contributed by atoms with Crippen molar-refractivity contribution in [2.24, 2.45) is 5.92 Å². The fourth-order valence-corrected chi connectivity index (χ4v) is 3.60. The van der Waals surface area contributed by atoms with E-state index in [0.29, 0.717) is 19.5 Å². The highest BCUT2D eigenvalue weighted by molar-refractivity contribution is 6.07. The van der Waals surface area contributed by atoms with E-state index in [1.54, 1.807) is 5.32 Å². The Balaban J connectivity index is 1.78. The summed E-state index contributed by atoms with van der Waals surface area (Å²) in [6, 6.07) is 15.7. The van der Waals surface area contributed by atoms with Gasteiger partial charge in [0.2, 0.25) is 0 Å². The maximum atomic E-state index is 11.3. The molecule has 0 saturated carbocycles. The Morgan fingerprint density at radius 2 is 1.62 bits per heavy atom. The topological polar surface area (TPSA) is 81.9 Å². The second-order valence-corrected chi connectivity index (χ2v) is 7.33. The Morgan fingerprint density at radius 1 is 1.08 bits per heavy atom. The predicted octanol–water partition coefficient (Wildman–Crippen LogP) is 0.883. The fraction of sp³-hybridized carbons (Fsp3) is 0.381. The SMILES string of the molecule is CC(C)C[C@@H]([NH2+]C[C@@H](O)Cn1c2ccccc2c2ccccc21)C(=O)[O-]. The van der Waals surface area contributed by atoms with Gasteiger partial charge in [0.25, 0.3) is 0 Å². The van der Waals surface area contributed by atoms with Gasteiger partial charge in [0, 0.05) is 28.2 Å². The van der Waals surface area contributed by atoms with Crippen molar-refractivity contribution in [1.29, 1.82) is 0 Å². The van der Waals surface area contributed by atoms with Crippen LogP contribution in [0.3, 0.4) is 0 Å². The largest absolute Gasteiger partial charge is 0.544 e. The van der Waals surface area contributed by atoms with E-state index in [4.69, 9.17) is 0 Å². The maximum absolute atomic E-state index is 11.3. The first kappa shape index (κ1) is 18.4. The average molecular weight is 354 g/mol. The van der Waals surface area contributed by atoms with Crippen molar-refractivity contribution in [3.8, 4) is 0 Å². The lowest BCUT2D eigenvalue weighted by atomic mass is 10.0. The minimum absolute atomic E-state index is 0.267. The summed E-state index contributed by atoms with van der Waals surface area (Å²) in [5.74, 6) is -0.800. The molecule has 26 heavy (non-hydrogen) atoms. The minimum Gasteiger partial charge on any atom is -0.544 e. The smallest absolute Gasteiger partial charge is 0.126 e. The number of benzene rings is 2. The molecule has 0 fully saturated rings. The number of fused-ring (bicyclic) bond motifs is 3. The van der Waals surface area contributed by atoms with Gasteiger partial charge in [0.15, 0.2) is 0 Å². The zero-order valence-corrected chi connectivity index (χ0v) is 15.3. The maximum Gasteiger partial charge on any atom is 0.126 e. The zero-order chi connectivity index (χ0) is 18.7. The molecule has 1 heterocycles. The summed E-state index contributed by atoms with van der Waals surface area (Å²) in [6.45, 7) is 4.72. The normalized spacial score (nSPS) is 14.2. The first-order chi connectivity index (χ1) is 12.5. The molecule has 0 saturated heterocycles. The molecule has 0 radical (unpaired) electrons. The zero-order valence-electron chi connectivity index (χ0n) is 15.3. The van der Waals surface area contributed by atoms with Crippen molar-refractivity contribution >= 4 is 27.8 Å². The van der Waals surface area contributed by atoms with E-state index in [1.165, 1.54) is 0 Å². The van der Waals surface area contributed by atoms with Gasteiger partial charge in [-0.15, -0.1) is 0 Å². The van der Waals surface area contributed by atoms with Crippen molar-refractivity contribution in [1.82, 2.24) is 4.57 Å². The number of rotatable bonds is 8. The number of hydrogen-bond acceptors (Lipinski definition) is 3. The third-order valence-corrected chi connectivity index (χ3v) is 4.79. The third-order valence-electron chi connectivity index (χ3n) is 4.79. The van der Waals surface area contributed by atoms with Crippen LogP contribution in [-0.2, 0) is 11.3 Å². The number of aromatic nitrogens is 1. The van der Waals surface area contributed by atoms with Crippen molar-refractivity contribution in [3.63, 3.8) is 0 Å². The van der Waals surface area contributed by atoms with Gasteiger partial charge in [-0.1, -0.05) is 50.2 Å². The number of carbonyl (C=O) groups is 1. The van der Waals surface area contributed by atoms with Crippen LogP contribution in [0.4, 0.5) is 0 Å². The number of nitrogens with two attached hydrogens (primary N) is 1. The number of quaternary nitrogens is 1. The van der Waals surface area contributed by atoms with Gasteiger partial charge in [0.1, 0.15) is 18.7 Å². The lowest BCUT2D eigenvalue weighted by Crippen LogP contribution is -2.94. The monoisotopic (exact) mass is 354 g/mol. The molecular formula is C21H26N2O3. The van der Waals surface area contributed by atoms with E-state index in [-0.39, 0.29) is 5.92 Å². The quantitative estimate of drug-likeness (QED) is 0.630. The molecule has 3 aromatic rings. The number of aliphatic hydroxyl groups excluding tert-OH is 1. The first-order valence-electron chi connectivity index (χ1n) is 9.15. The summed E-state index contributed by atoms with van der Waals surface area (Å²) >= 11 is 0. The van der Waals surface area contributed by atoms with E-state index >= 15 is 0 Å². The second kappa shape index (κ2) is 7.89. The molecule has 0 bridgehead atoms. The van der Waals surface area contributed by atoms with Crippen molar-refractivity contribution in [2.75, 3.05) is 6.54 Å². The summed E-state index contributed by atoms with van der Waals surface area (Å²) in [7, 11) is 0. The number of carbonyl (C=O) groups excluding carboxylic acids is 1. The lowest BCUT2D eigenvalue weighted by molar-refractivity contribution is -0.690. The highest BCUT2D eigenvalue weighted by Crippen LogP contribution is 2.28. The standard InChI is InChI=1S/C21H26N2O3/c1-14(2)11-18(21(25)26)22-12-15(24)13-23-19-9-5-3-7-16(19)17-8-4-6-10-20(17)23/h3-10,14-15,18,22,24H,11-13H2,1-2H3,(H,25,26)/t15-,18-/m1/s1. The van der Waals surface area contributed by atoms with E-state index in [9.17, 15) is 15.0 Å². The van der Waals surface area contributed by atoms with E-state index in [2.05, 4.69) is 28.8 Å². The predicted molar refractivity (Wildman–Crippen MR) is 100 cm³/mol. The second-order valence-electron chi connectivity index (χ2n) is 7.33. The van der Waals surface area contributed by atoms with E-state index in [1.807, 2.05) is 38.1 Å². The highest BCUT2D eigenvalue weighted by atomic mass is 16.4. The molecular weight excluding hydrogens is 328 g/mol. The summed E-state index contributed by atoms with van der Waals surface area (Å²) in [5, 5.41) is 25.8. The molecule has 3 N–H and O–H groups in total. The number of carboxylic acid groups (broad SMARTS) is 1. The molecule has 138 valence electrons. The van der Waals surface area contributed by atoms with Crippen LogP contribution in [0.5, 0.6) is 0 Å².